The van der Waals surface area contributed by atoms with Gasteiger partial charge in [0, 0.05) is 10.6 Å². The van der Waals surface area contributed by atoms with Crippen LogP contribution in [0.2, 0.25) is 10.0 Å². The van der Waals surface area contributed by atoms with E-state index in [9.17, 15) is 4.79 Å². The standard InChI is InChI=1S/C21H15Cl2N3O2S/c22-16-7-3-1-5-13(16)11-19-20(27)25-21(29-19)26-24-12-14-9-10-18(28-14)15-6-2-4-8-17(15)23/h1-10,12,19H,11H2,(H,25,26,27). The second-order valence-electron chi connectivity index (χ2n) is 6.22. The number of amidine groups is 1. The molecular formula is C21H15Cl2N3O2S. The van der Waals surface area contributed by atoms with Gasteiger partial charge in [-0.05, 0) is 42.3 Å². The Balaban J connectivity index is 1.41. The maximum absolute atomic E-state index is 12.2. The first-order chi connectivity index (χ1) is 14.1. The van der Waals surface area contributed by atoms with E-state index in [0.717, 1.165) is 11.1 Å². The second-order valence-corrected chi connectivity index (χ2v) is 8.23. The number of halogens is 2. The van der Waals surface area contributed by atoms with Gasteiger partial charge in [-0.25, -0.2) is 0 Å². The molecule has 1 atom stereocenters. The molecule has 29 heavy (non-hydrogen) atoms. The van der Waals surface area contributed by atoms with Crippen LogP contribution >= 0.6 is 35.0 Å². The van der Waals surface area contributed by atoms with Gasteiger partial charge in [-0.15, -0.1) is 5.10 Å². The molecule has 1 aliphatic heterocycles. The highest BCUT2D eigenvalue weighted by Crippen LogP contribution is 2.29. The summed E-state index contributed by atoms with van der Waals surface area (Å²) in [5.41, 5.74) is 1.73. The summed E-state index contributed by atoms with van der Waals surface area (Å²) in [5.74, 6) is 1.07. The maximum atomic E-state index is 12.2. The van der Waals surface area contributed by atoms with Crippen LogP contribution in [0.4, 0.5) is 0 Å². The van der Waals surface area contributed by atoms with Crippen molar-refractivity contribution in [2.45, 2.75) is 11.7 Å². The van der Waals surface area contributed by atoms with Gasteiger partial charge in [0.25, 0.3) is 0 Å². The quantitative estimate of drug-likeness (QED) is 0.422. The minimum atomic E-state index is -0.292. The predicted molar refractivity (Wildman–Crippen MR) is 119 cm³/mol. The average molecular weight is 444 g/mol. The van der Waals surface area contributed by atoms with Gasteiger partial charge in [-0.1, -0.05) is 65.3 Å². The van der Waals surface area contributed by atoms with E-state index in [1.165, 1.54) is 18.0 Å². The first-order valence-electron chi connectivity index (χ1n) is 8.77. The number of rotatable bonds is 5. The van der Waals surface area contributed by atoms with Gasteiger partial charge in [0.2, 0.25) is 5.91 Å². The molecule has 146 valence electrons. The molecule has 4 rings (SSSR count). The van der Waals surface area contributed by atoms with Crippen LogP contribution in [0.1, 0.15) is 11.3 Å². The highest BCUT2D eigenvalue weighted by Gasteiger charge is 2.30. The number of nitrogens with zero attached hydrogens (tertiary/aromatic N) is 2. The third kappa shape index (κ3) is 4.72. The first kappa shape index (κ1) is 19.8. The molecule has 0 radical (unpaired) electrons. The summed E-state index contributed by atoms with van der Waals surface area (Å²) in [7, 11) is 0. The zero-order valence-electron chi connectivity index (χ0n) is 15.0. The fourth-order valence-corrected chi connectivity index (χ4v) is 4.21. The molecule has 1 unspecified atom stereocenters. The first-order valence-corrected chi connectivity index (χ1v) is 10.4. The Bertz CT molecular complexity index is 1110. The van der Waals surface area contributed by atoms with Crippen LogP contribution in [0.15, 0.2) is 75.3 Å². The summed E-state index contributed by atoms with van der Waals surface area (Å²) >= 11 is 13.7. The number of benzene rings is 2. The Labute approximate surface area is 181 Å². The van der Waals surface area contributed by atoms with E-state index in [1.54, 1.807) is 12.1 Å². The van der Waals surface area contributed by atoms with E-state index in [4.69, 9.17) is 27.6 Å². The average Bonchev–Trinajstić information content (AvgIpc) is 3.31. The summed E-state index contributed by atoms with van der Waals surface area (Å²) < 4.78 is 5.74. The lowest BCUT2D eigenvalue weighted by Crippen LogP contribution is -2.26. The maximum Gasteiger partial charge on any atom is 0.239 e. The molecule has 2 aromatic carbocycles. The predicted octanol–water partition coefficient (Wildman–Crippen LogP) is 5.42. The zero-order chi connectivity index (χ0) is 20.2. The molecule has 1 aliphatic rings. The molecule has 0 spiro atoms. The van der Waals surface area contributed by atoms with Gasteiger partial charge in [0.15, 0.2) is 5.17 Å². The van der Waals surface area contributed by atoms with E-state index in [0.29, 0.717) is 33.2 Å². The van der Waals surface area contributed by atoms with Gasteiger partial charge < -0.3 is 9.73 Å². The van der Waals surface area contributed by atoms with Gasteiger partial charge in [0.1, 0.15) is 11.5 Å². The monoisotopic (exact) mass is 443 g/mol. The zero-order valence-corrected chi connectivity index (χ0v) is 17.3. The van der Waals surface area contributed by atoms with Crippen molar-refractivity contribution in [3.8, 4) is 11.3 Å². The van der Waals surface area contributed by atoms with Crippen molar-refractivity contribution in [1.82, 2.24) is 5.32 Å². The molecule has 8 heteroatoms. The molecule has 0 aliphatic carbocycles. The number of hydrogen-bond acceptors (Lipinski definition) is 5. The van der Waals surface area contributed by atoms with Crippen LogP contribution in [-0.4, -0.2) is 22.5 Å². The van der Waals surface area contributed by atoms with E-state index >= 15 is 0 Å². The van der Waals surface area contributed by atoms with Crippen molar-refractivity contribution < 1.29 is 9.21 Å². The number of carbonyl (C=O) groups is 1. The van der Waals surface area contributed by atoms with Crippen LogP contribution in [-0.2, 0) is 11.2 Å². The van der Waals surface area contributed by atoms with E-state index in [-0.39, 0.29) is 11.2 Å². The van der Waals surface area contributed by atoms with Gasteiger partial charge in [-0.3, -0.25) is 4.79 Å². The molecule has 1 N–H and O–H groups in total. The normalized spacial score (nSPS) is 17.9. The molecule has 1 aromatic heterocycles. The largest absolute Gasteiger partial charge is 0.455 e. The number of furan rings is 1. The van der Waals surface area contributed by atoms with Crippen LogP contribution in [0.5, 0.6) is 0 Å². The van der Waals surface area contributed by atoms with E-state index in [2.05, 4.69) is 15.5 Å². The van der Waals surface area contributed by atoms with Crippen LogP contribution < -0.4 is 5.32 Å². The highest BCUT2D eigenvalue weighted by atomic mass is 35.5. The molecular weight excluding hydrogens is 429 g/mol. The number of thioether (sulfide) groups is 1. The topological polar surface area (TPSA) is 67.0 Å². The summed E-state index contributed by atoms with van der Waals surface area (Å²) in [6.07, 6.45) is 2.01. The number of nitrogens with one attached hydrogen (secondary N) is 1. The summed E-state index contributed by atoms with van der Waals surface area (Å²) in [5, 5.41) is 12.3. The molecule has 1 amide bonds. The lowest BCUT2D eigenvalue weighted by atomic mass is 10.1. The smallest absolute Gasteiger partial charge is 0.239 e. The Morgan fingerprint density at radius 3 is 2.59 bits per heavy atom. The molecule has 3 aromatic rings. The summed E-state index contributed by atoms with van der Waals surface area (Å²) in [6.45, 7) is 0. The minimum Gasteiger partial charge on any atom is -0.455 e. The van der Waals surface area contributed by atoms with Crippen LogP contribution in [0, 0.1) is 0 Å². The molecule has 0 saturated carbocycles. The van der Waals surface area contributed by atoms with Gasteiger partial charge >= 0.3 is 0 Å². The van der Waals surface area contributed by atoms with Crippen molar-refractivity contribution in [2.75, 3.05) is 0 Å². The van der Waals surface area contributed by atoms with Crippen LogP contribution in [0.25, 0.3) is 11.3 Å². The Morgan fingerprint density at radius 2 is 1.79 bits per heavy atom. The summed E-state index contributed by atoms with van der Waals surface area (Å²) in [6, 6.07) is 18.5. The summed E-state index contributed by atoms with van der Waals surface area (Å²) in [4.78, 5) is 12.2. The Hall–Kier alpha value is -2.54. The Morgan fingerprint density at radius 1 is 1.03 bits per heavy atom. The lowest BCUT2D eigenvalue weighted by molar-refractivity contribution is -0.118. The molecule has 5 nitrogen and oxygen atoms in total. The van der Waals surface area contributed by atoms with Crippen molar-refractivity contribution in [3.63, 3.8) is 0 Å². The minimum absolute atomic E-state index is 0.108. The van der Waals surface area contributed by atoms with Crippen molar-refractivity contribution >= 4 is 52.3 Å². The number of amides is 1. The van der Waals surface area contributed by atoms with E-state index in [1.807, 2.05) is 48.5 Å². The Kier molecular flexibility index (Phi) is 6.04. The second kappa shape index (κ2) is 8.86. The third-order valence-electron chi connectivity index (χ3n) is 4.24. The third-order valence-corrected chi connectivity index (χ3v) is 6.01. The number of hydrogen-bond donors (Lipinski definition) is 1. The van der Waals surface area contributed by atoms with Crippen molar-refractivity contribution in [3.05, 3.63) is 82.0 Å². The van der Waals surface area contributed by atoms with Crippen molar-refractivity contribution in [2.24, 2.45) is 10.2 Å². The van der Waals surface area contributed by atoms with Gasteiger partial charge in [-0.2, -0.15) is 5.10 Å². The molecule has 1 fully saturated rings. The number of carbonyl (C=O) groups excluding carboxylic acids is 1. The van der Waals surface area contributed by atoms with Gasteiger partial charge in [0.05, 0.1) is 16.5 Å². The van der Waals surface area contributed by atoms with Crippen molar-refractivity contribution in [1.29, 1.82) is 0 Å². The van der Waals surface area contributed by atoms with Crippen LogP contribution in [0.3, 0.4) is 0 Å². The fourth-order valence-electron chi connectivity index (χ4n) is 2.82. The molecule has 2 heterocycles. The SMILES string of the molecule is O=C1N/C(=N\N=Cc2ccc(-c3ccccc3Cl)o2)SC1Cc1ccccc1Cl. The molecule has 1 saturated heterocycles. The van der Waals surface area contributed by atoms with E-state index < -0.39 is 0 Å². The lowest BCUT2D eigenvalue weighted by Gasteiger charge is -2.06. The molecule has 0 bridgehead atoms. The fraction of sp³-hybridized carbons (Fsp3) is 0.0952. The highest BCUT2D eigenvalue weighted by molar-refractivity contribution is 8.15.